The minimum Gasteiger partial charge on any atom is -0.497 e. The summed E-state index contributed by atoms with van der Waals surface area (Å²) in [5, 5.41) is 6.26. The lowest BCUT2D eigenvalue weighted by atomic mass is 10.1. The Labute approximate surface area is 178 Å². The van der Waals surface area contributed by atoms with Crippen LogP contribution >= 0.6 is 11.3 Å². The third-order valence-electron chi connectivity index (χ3n) is 4.96. The topological polar surface area (TPSA) is 89.5 Å². The summed E-state index contributed by atoms with van der Waals surface area (Å²) < 4.78 is 10.6. The maximum absolute atomic E-state index is 13.0. The number of carbonyl (C=O) groups excluding carboxylic acids is 2. The van der Waals surface area contributed by atoms with Crippen molar-refractivity contribution < 1.29 is 19.1 Å². The normalized spacial score (nSPS) is 14.7. The Hall–Kier alpha value is -3.39. The van der Waals surface area contributed by atoms with Gasteiger partial charge in [0.2, 0.25) is 5.91 Å². The van der Waals surface area contributed by atoms with Crippen molar-refractivity contribution >= 4 is 34.0 Å². The molecule has 1 atom stereocenters. The molecule has 30 heavy (non-hydrogen) atoms. The van der Waals surface area contributed by atoms with E-state index in [0.29, 0.717) is 34.3 Å². The highest BCUT2D eigenvalue weighted by Gasteiger charge is 2.33. The average molecular weight is 423 g/mol. The molecule has 0 saturated heterocycles. The molecule has 3 aromatic rings. The Bertz CT molecular complexity index is 1080. The minimum atomic E-state index is -0.380. The number of thiazole rings is 1. The number of ether oxygens (including phenoxy) is 2. The number of nitrogens with zero attached hydrogens (tertiary/aromatic N) is 1. The van der Waals surface area contributed by atoms with E-state index < -0.39 is 0 Å². The van der Waals surface area contributed by atoms with Gasteiger partial charge in [-0.25, -0.2) is 4.98 Å². The summed E-state index contributed by atoms with van der Waals surface area (Å²) in [4.78, 5) is 30.9. The highest BCUT2D eigenvalue weighted by Crippen LogP contribution is 2.39. The number of fused-ring (bicyclic) bond motifs is 1. The first-order valence-electron chi connectivity index (χ1n) is 9.48. The van der Waals surface area contributed by atoms with Crippen molar-refractivity contribution in [3.63, 3.8) is 0 Å². The molecular weight excluding hydrogens is 402 g/mol. The van der Waals surface area contributed by atoms with Crippen molar-refractivity contribution in [1.82, 2.24) is 4.98 Å². The Morgan fingerprint density at radius 2 is 1.87 bits per heavy atom. The van der Waals surface area contributed by atoms with Gasteiger partial charge in [-0.3, -0.25) is 14.9 Å². The van der Waals surface area contributed by atoms with Gasteiger partial charge in [-0.15, -0.1) is 11.3 Å². The SMILES string of the molecule is COc1ccc(OC)c(NC(=O)C2CCc3sc(NC(=O)c4ccccc4)nc32)c1. The first kappa shape index (κ1) is 19.9. The van der Waals surface area contributed by atoms with Gasteiger partial charge >= 0.3 is 0 Å². The van der Waals surface area contributed by atoms with Gasteiger partial charge in [0.25, 0.3) is 5.91 Å². The predicted molar refractivity (Wildman–Crippen MR) is 116 cm³/mol. The van der Waals surface area contributed by atoms with Crippen LogP contribution in [0.2, 0.25) is 0 Å². The number of rotatable bonds is 6. The molecule has 154 valence electrons. The van der Waals surface area contributed by atoms with E-state index in [-0.39, 0.29) is 17.7 Å². The van der Waals surface area contributed by atoms with Gasteiger partial charge in [-0.1, -0.05) is 18.2 Å². The van der Waals surface area contributed by atoms with Crippen LogP contribution in [0.3, 0.4) is 0 Å². The lowest BCUT2D eigenvalue weighted by Crippen LogP contribution is -2.20. The van der Waals surface area contributed by atoms with E-state index >= 15 is 0 Å². The molecule has 1 aliphatic rings. The number of hydrogen-bond donors (Lipinski definition) is 2. The first-order valence-corrected chi connectivity index (χ1v) is 10.3. The quantitative estimate of drug-likeness (QED) is 0.624. The minimum absolute atomic E-state index is 0.161. The number of amides is 2. The van der Waals surface area contributed by atoms with Crippen molar-refractivity contribution in [2.24, 2.45) is 0 Å². The molecule has 1 aromatic heterocycles. The highest BCUT2D eigenvalue weighted by molar-refractivity contribution is 7.16. The van der Waals surface area contributed by atoms with Crippen LogP contribution in [0.15, 0.2) is 48.5 Å². The number of aryl methyl sites for hydroxylation is 1. The lowest BCUT2D eigenvalue weighted by molar-refractivity contribution is -0.117. The van der Waals surface area contributed by atoms with Gasteiger partial charge in [0, 0.05) is 16.5 Å². The smallest absolute Gasteiger partial charge is 0.257 e. The number of benzene rings is 2. The summed E-state index contributed by atoms with van der Waals surface area (Å²) >= 11 is 1.42. The van der Waals surface area contributed by atoms with Gasteiger partial charge in [0.15, 0.2) is 5.13 Å². The van der Waals surface area contributed by atoms with E-state index in [0.717, 1.165) is 17.0 Å². The molecule has 0 spiro atoms. The zero-order valence-corrected chi connectivity index (χ0v) is 17.4. The molecule has 2 N–H and O–H groups in total. The molecule has 2 aromatic carbocycles. The van der Waals surface area contributed by atoms with Crippen molar-refractivity contribution in [1.29, 1.82) is 0 Å². The molecule has 8 heteroatoms. The number of hydrogen-bond acceptors (Lipinski definition) is 6. The number of nitrogens with one attached hydrogen (secondary N) is 2. The van der Waals surface area contributed by atoms with Crippen LogP contribution in [0.5, 0.6) is 11.5 Å². The molecular formula is C22H21N3O4S. The second-order valence-corrected chi connectivity index (χ2v) is 7.88. The number of methoxy groups -OCH3 is 2. The van der Waals surface area contributed by atoms with Crippen molar-refractivity contribution in [3.8, 4) is 11.5 Å². The summed E-state index contributed by atoms with van der Waals surface area (Å²) in [6.45, 7) is 0. The summed E-state index contributed by atoms with van der Waals surface area (Å²) in [6, 6.07) is 14.2. The van der Waals surface area contributed by atoms with Crippen LogP contribution in [0.25, 0.3) is 0 Å². The highest BCUT2D eigenvalue weighted by atomic mass is 32.1. The Morgan fingerprint density at radius 3 is 2.60 bits per heavy atom. The fourth-order valence-electron chi connectivity index (χ4n) is 3.43. The summed E-state index contributed by atoms with van der Waals surface area (Å²) in [6.07, 6.45) is 1.43. The van der Waals surface area contributed by atoms with Crippen molar-refractivity contribution in [2.75, 3.05) is 24.9 Å². The summed E-state index contributed by atoms with van der Waals surface area (Å²) in [7, 11) is 3.12. The van der Waals surface area contributed by atoms with Gasteiger partial charge in [0.1, 0.15) is 11.5 Å². The average Bonchev–Trinajstić information content (AvgIpc) is 3.34. The van der Waals surface area contributed by atoms with E-state index in [4.69, 9.17) is 9.47 Å². The maximum atomic E-state index is 13.0. The monoisotopic (exact) mass is 423 g/mol. The molecule has 4 rings (SSSR count). The Kier molecular flexibility index (Phi) is 5.67. The molecule has 1 aliphatic carbocycles. The molecule has 2 amide bonds. The molecule has 0 bridgehead atoms. The standard InChI is InChI=1S/C22H21N3O4S/c1-28-14-8-10-17(29-2)16(12-14)23-21(27)15-9-11-18-19(15)24-22(30-18)25-20(26)13-6-4-3-5-7-13/h3-8,10,12,15H,9,11H2,1-2H3,(H,23,27)(H,24,25,26). The second-order valence-electron chi connectivity index (χ2n) is 6.79. The summed E-state index contributed by atoms with van der Waals surface area (Å²) in [5.41, 5.74) is 1.83. The zero-order valence-electron chi connectivity index (χ0n) is 16.6. The number of anilines is 2. The van der Waals surface area contributed by atoms with Gasteiger partial charge in [-0.05, 0) is 37.1 Å². The van der Waals surface area contributed by atoms with Gasteiger partial charge in [-0.2, -0.15) is 0 Å². The maximum Gasteiger partial charge on any atom is 0.257 e. The molecule has 0 radical (unpaired) electrons. The van der Waals surface area contributed by atoms with Crippen molar-refractivity contribution in [3.05, 3.63) is 64.7 Å². The van der Waals surface area contributed by atoms with E-state index in [2.05, 4.69) is 15.6 Å². The van der Waals surface area contributed by atoms with Gasteiger partial charge < -0.3 is 14.8 Å². The zero-order chi connectivity index (χ0) is 21.1. The number of carbonyl (C=O) groups is 2. The third kappa shape index (κ3) is 3.99. The largest absolute Gasteiger partial charge is 0.497 e. The first-order chi connectivity index (χ1) is 14.6. The molecule has 7 nitrogen and oxygen atoms in total. The Balaban J connectivity index is 1.50. The molecule has 0 saturated carbocycles. The fraction of sp³-hybridized carbons (Fsp3) is 0.227. The van der Waals surface area contributed by atoms with E-state index in [9.17, 15) is 9.59 Å². The van der Waals surface area contributed by atoms with Crippen molar-refractivity contribution in [2.45, 2.75) is 18.8 Å². The molecule has 1 unspecified atom stereocenters. The van der Waals surface area contributed by atoms with Crippen LogP contribution in [-0.4, -0.2) is 31.0 Å². The third-order valence-corrected chi connectivity index (χ3v) is 6.00. The van der Waals surface area contributed by atoms with Crippen LogP contribution in [0.1, 0.15) is 33.3 Å². The molecule has 1 heterocycles. The lowest BCUT2D eigenvalue weighted by Gasteiger charge is -2.14. The van der Waals surface area contributed by atoms with Crippen LogP contribution < -0.4 is 20.1 Å². The van der Waals surface area contributed by atoms with Crippen LogP contribution in [0, 0.1) is 0 Å². The second kappa shape index (κ2) is 8.54. The van der Waals surface area contributed by atoms with Crippen LogP contribution in [0.4, 0.5) is 10.8 Å². The Morgan fingerprint density at radius 1 is 1.07 bits per heavy atom. The van der Waals surface area contributed by atoms with E-state index in [1.165, 1.54) is 11.3 Å². The predicted octanol–water partition coefficient (Wildman–Crippen LogP) is 4.08. The number of aromatic nitrogens is 1. The molecule has 0 fully saturated rings. The van der Waals surface area contributed by atoms with E-state index in [1.54, 1.807) is 44.6 Å². The molecule has 0 aliphatic heterocycles. The van der Waals surface area contributed by atoms with Crippen LogP contribution in [-0.2, 0) is 11.2 Å². The summed E-state index contributed by atoms with van der Waals surface area (Å²) in [5.74, 6) is 0.417. The van der Waals surface area contributed by atoms with Gasteiger partial charge in [0.05, 0.1) is 31.5 Å². The van der Waals surface area contributed by atoms with E-state index in [1.807, 2.05) is 18.2 Å². The fourth-order valence-corrected chi connectivity index (χ4v) is 4.46.